The zero-order chi connectivity index (χ0) is 18.3. The van der Waals surface area contributed by atoms with Gasteiger partial charge in [-0.2, -0.15) is 0 Å². The van der Waals surface area contributed by atoms with E-state index < -0.39 is 6.10 Å². The van der Waals surface area contributed by atoms with Gasteiger partial charge in [-0.15, -0.1) is 0 Å². The predicted octanol–water partition coefficient (Wildman–Crippen LogP) is 5.81. The van der Waals surface area contributed by atoms with Crippen molar-refractivity contribution in [1.82, 2.24) is 4.98 Å². The van der Waals surface area contributed by atoms with Crippen molar-refractivity contribution in [2.24, 2.45) is 0 Å². The number of fused-ring (bicyclic) bond motifs is 3. The van der Waals surface area contributed by atoms with Gasteiger partial charge in [-0.3, -0.25) is 0 Å². The molecule has 0 fully saturated rings. The van der Waals surface area contributed by atoms with Crippen LogP contribution in [0.15, 0.2) is 59.0 Å². The first-order valence-corrected chi connectivity index (χ1v) is 9.17. The number of aliphatic hydroxyl groups excluding tert-OH is 1. The smallest absolute Gasteiger partial charge is 0.139 e. The molecule has 0 saturated heterocycles. The Labute approximate surface area is 155 Å². The second-order valence-electron chi connectivity index (χ2n) is 7.43. The molecule has 2 heterocycles. The standard InChI is InChI=1S/C24H17NO2/c1-12-7-9-15-19-20-16(10-8-13(2)24(20)27-23(12)19)22(26)17-11-14-5-3-4-6-18(14)25-21(15)17/h3-11,22,26H,1-2H3. The first-order chi connectivity index (χ1) is 13.1. The Balaban J connectivity index is 1.90. The molecule has 27 heavy (non-hydrogen) atoms. The van der Waals surface area contributed by atoms with Gasteiger partial charge in [0.1, 0.15) is 17.3 Å². The van der Waals surface area contributed by atoms with Crippen LogP contribution < -0.4 is 0 Å². The SMILES string of the molecule is Cc1ccc2c3c1oc1c(C)ccc(c13)C(O)c1cc3ccccc3nc1-2. The quantitative estimate of drug-likeness (QED) is 0.383. The van der Waals surface area contributed by atoms with Crippen LogP contribution in [-0.2, 0) is 0 Å². The maximum Gasteiger partial charge on any atom is 0.139 e. The van der Waals surface area contributed by atoms with E-state index in [0.29, 0.717) is 0 Å². The lowest BCUT2D eigenvalue weighted by Crippen LogP contribution is -2.03. The molecule has 1 unspecified atom stereocenters. The number of benzene rings is 3. The zero-order valence-corrected chi connectivity index (χ0v) is 15.1. The van der Waals surface area contributed by atoms with E-state index >= 15 is 0 Å². The lowest BCUT2D eigenvalue weighted by atomic mass is 9.96. The average molecular weight is 351 g/mol. The van der Waals surface area contributed by atoms with Crippen molar-refractivity contribution < 1.29 is 9.52 Å². The molecule has 130 valence electrons. The van der Waals surface area contributed by atoms with E-state index in [2.05, 4.69) is 25.1 Å². The number of aliphatic hydroxyl groups is 1. The van der Waals surface area contributed by atoms with Gasteiger partial charge in [0, 0.05) is 27.3 Å². The molecule has 0 spiro atoms. The summed E-state index contributed by atoms with van der Waals surface area (Å²) >= 11 is 0. The fourth-order valence-corrected chi connectivity index (χ4v) is 4.41. The molecule has 1 aliphatic rings. The highest BCUT2D eigenvalue weighted by atomic mass is 16.3. The third-order valence-corrected chi connectivity index (χ3v) is 5.79. The minimum Gasteiger partial charge on any atom is -0.455 e. The number of aromatic nitrogens is 1. The highest BCUT2D eigenvalue weighted by Gasteiger charge is 2.29. The Bertz CT molecular complexity index is 1410. The maximum absolute atomic E-state index is 11.3. The number of hydrogen-bond donors (Lipinski definition) is 1. The fourth-order valence-electron chi connectivity index (χ4n) is 4.41. The first-order valence-electron chi connectivity index (χ1n) is 9.17. The highest BCUT2D eigenvalue weighted by Crippen LogP contribution is 2.47. The monoisotopic (exact) mass is 351 g/mol. The summed E-state index contributed by atoms with van der Waals surface area (Å²) in [5.41, 5.74) is 8.43. The number of hydrogen-bond acceptors (Lipinski definition) is 3. The number of para-hydroxylation sites is 1. The van der Waals surface area contributed by atoms with Crippen molar-refractivity contribution in [2.75, 3.05) is 0 Å². The molecule has 1 atom stereocenters. The lowest BCUT2D eigenvalue weighted by Gasteiger charge is -2.15. The van der Waals surface area contributed by atoms with E-state index in [1.54, 1.807) is 0 Å². The van der Waals surface area contributed by atoms with Gasteiger partial charge in [0.25, 0.3) is 0 Å². The molecule has 2 aromatic heterocycles. The molecule has 1 aliphatic carbocycles. The molecule has 0 aliphatic heterocycles. The molecule has 3 aromatic carbocycles. The highest BCUT2D eigenvalue weighted by molar-refractivity contribution is 6.16. The van der Waals surface area contributed by atoms with Gasteiger partial charge < -0.3 is 9.52 Å². The van der Waals surface area contributed by atoms with E-state index in [1.165, 1.54) is 0 Å². The normalized spacial score (nSPS) is 15.6. The molecule has 0 saturated carbocycles. The van der Waals surface area contributed by atoms with E-state index in [-0.39, 0.29) is 0 Å². The van der Waals surface area contributed by atoms with Crippen molar-refractivity contribution in [3.8, 4) is 11.3 Å². The summed E-state index contributed by atoms with van der Waals surface area (Å²) in [6, 6.07) is 18.4. The Morgan fingerprint density at radius 3 is 2.44 bits per heavy atom. The molecule has 3 nitrogen and oxygen atoms in total. The Hall–Kier alpha value is -3.17. The van der Waals surface area contributed by atoms with Crippen LogP contribution in [0, 0.1) is 13.8 Å². The molecule has 0 amide bonds. The number of rotatable bonds is 0. The van der Waals surface area contributed by atoms with Crippen LogP contribution in [0.2, 0.25) is 0 Å². The van der Waals surface area contributed by atoms with Crippen molar-refractivity contribution >= 4 is 32.8 Å². The van der Waals surface area contributed by atoms with Crippen LogP contribution in [-0.4, -0.2) is 10.1 Å². The second-order valence-corrected chi connectivity index (χ2v) is 7.43. The summed E-state index contributed by atoms with van der Waals surface area (Å²) < 4.78 is 6.28. The van der Waals surface area contributed by atoms with Crippen molar-refractivity contribution in [3.63, 3.8) is 0 Å². The fraction of sp³-hybridized carbons (Fsp3) is 0.125. The third-order valence-electron chi connectivity index (χ3n) is 5.79. The third kappa shape index (κ3) is 1.82. The summed E-state index contributed by atoms with van der Waals surface area (Å²) in [5, 5.41) is 14.4. The van der Waals surface area contributed by atoms with Gasteiger partial charge in [-0.25, -0.2) is 4.98 Å². The second kappa shape index (κ2) is 4.96. The largest absolute Gasteiger partial charge is 0.455 e. The molecule has 6 rings (SSSR count). The Morgan fingerprint density at radius 1 is 0.852 bits per heavy atom. The van der Waals surface area contributed by atoms with Crippen LogP contribution >= 0.6 is 0 Å². The van der Waals surface area contributed by atoms with E-state index in [1.807, 2.05) is 43.3 Å². The van der Waals surface area contributed by atoms with E-state index in [0.717, 1.165) is 66.4 Å². The molecule has 5 aromatic rings. The molecular weight excluding hydrogens is 334 g/mol. The molecule has 0 radical (unpaired) electrons. The Morgan fingerprint density at radius 2 is 1.59 bits per heavy atom. The number of nitrogens with zero attached hydrogens (tertiary/aromatic N) is 1. The van der Waals surface area contributed by atoms with Gasteiger partial charge in [0.2, 0.25) is 0 Å². The molecule has 0 bridgehead atoms. The van der Waals surface area contributed by atoms with Crippen molar-refractivity contribution in [1.29, 1.82) is 0 Å². The van der Waals surface area contributed by atoms with Crippen LogP contribution in [0.1, 0.15) is 28.4 Å². The minimum absolute atomic E-state index is 0.742. The molecule has 1 N–H and O–H groups in total. The van der Waals surface area contributed by atoms with Crippen molar-refractivity contribution in [3.05, 3.63) is 76.9 Å². The topological polar surface area (TPSA) is 46.3 Å². The van der Waals surface area contributed by atoms with Gasteiger partial charge in [-0.05, 0) is 42.7 Å². The summed E-state index contributed by atoms with van der Waals surface area (Å²) in [7, 11) is 0. The van der Waals surface area contributed by atoms with Crippen LogP contribution in [0.5, 0.6) is 0 Å². The van der Waals surface area contributed by atoms with Gasteiger partial charge in [0.05, 0.1) is 11.2 Å². The van der Waals surface area contributed by atoms with Crippen LogP contribution in [0.4, 0.5) is 0 Å². The van der Waals surface area contributed by atoms with E-state index in [4.69, 9.17) is 9.40 Å². The summed E-state index contributed by atoms with van der Waals surface area (Å²) in [6.07, 6.45) is -0.742. The summed E-state index contributed by atoms with van der Waals surface area (Å²) in [4.78, 5) is 4.95. The minimum atomic E-state index is -0.742. The first kappa shape index (κ1) is 14.9. The van der Waals surface area contributed by atoms with Crippen LogP contribution in [0.25, 0.3) is 44.1 Å². The molecular formula is C24H17NO2. The number of furan rings is 1. The number of pyridine rings is 1. The Kier molecular flexibility index (Phi) is 2.75. The maximum atomic E-state index is 11.3. The van der Waals surface area contributed by atoms with Crippen molar-refractivity contribution in [2.45, 2.75) is 20.0 Å². The lowest BCUT2D eigenvalue weighted by molar-refractivity contribution is 0.222. The summed E-state index contributed by atoms with van der Waals surface area (Å²) in [6.45, 7) is 4.11. The average Bonchev–Trinajstić information content (AvgIpc) is 3.06. The zero-order valence-electron chi connectivity index (χ0n) is 15.1. The predicted molar refractivity (Wildman–Crippen MR) is 108 cm³/mol. The van der Waals surface area contributed by atoms with Gasteiger partial charge in [-0.1, -0.05) is 42.5 Å². The van der Waals surface area contributed by atoms with Gasteiger partial charge >= 0.3 is 0 Å². The summed E-state index contributed by atoms with van der Waals surface area (Å²) in [5.74, 6) is 0. The number of aryl methyl sites for hydroxylation is 2. The van der Waals surface area contributed by atoms with Crippen LogP contribution in [0.3, 0.4) is 0 Å². The van der Waals surface area contributed by atoms with Gasteiger partial charge in [0.15, 0.2) is 0 Å². The molecule has 3 heteroatoms. The van der Waals surface area contributed by atoms with E-state index in [9.17, 15) is 5.11 Å².